The Hall–Kier alpha value is -3.32. The van der Waals surface area contributed by atoms with Crippen molar-refractivity contribution in [1.29, 1.82) is 0 Å². The lowest BCUT2D eigenvalue weighted by Gasteiger charge is -2.06. The highest BCUT2D eigenvalue weighted by atomic mass is 79.9. The third kappa shape index (κ3) is 4.41. The van der Waals surface area contributed by atoms with Crippen molar-refractivity contribution in [3.05, 3.63) is 82.6 Å². The van der Waals surface area contributed by atoms with Gasteiger partial charge in [-0.05, 0) is 52.3 Å². The van der Waals surface area contributed by atoms with Crippen LogP contribution in [-0.4, -0.2) is 23.0 Å². The fourth-order valence-electron chi connectivity index (χ4n) is 3.01. The summed E-state index contributed by atoms with van der Waals surface area (Å²) in [4.78, 5) is 20.2. The molecular weight excluding hydrogens is 432 g/mol. The van der Waals surface area contributed by atoms with E-state index >= 15 is 0 Å². The number of anilines is 2. The molecule has 146 valence electrons. The van der Waals surface area contributed by atoms with Gasteiger partial charge in [-0.2, -0.15) is 0 Å². The predicted octanol–water partition coefficient (Wildman–Crippen LogP) is 5.20. The Labute approximate surface area is 176 Å². The number of pyridine rings is 1. The van der Waals surface area contributed by atoms with Crippen molar-refractivity contribution in [1.82, 2.24) is 9.97 Å². The zero-order valence-electron chi connectivity index (χ0n) is 15.7. The van der Waals surface area contributed by atoms with Crippen LogP contribution in [0, 0.1) is 0 Å². The number of hydrogen-bond donors (Lipinski definition) is 3. The molecule has 2 heterocycles. The van der Waals surface area contributed by atoms with E-state index in [1.807, 2.05) is 54.6 Å². The van der Waals surface area contributed by atoms with E-state index in [0.717, 1.165) is 32.6 Å². The van der Waals surface area contributed by atoms with Crippen molar-refractivity contribution in [3.8, 4) is 5.75 Å². The highest BCUT2D eigenvalue weighted by Gasteiger charge is 2.11. The highest BCUT2D eigenvalue weighted by Crippen LogP contribution is 2.22. The molecule has 0 atom stereocenters. The van der Waals surface area contributed by atoms with E-state index in [-0.39, 0.29) is 5.91 Å². The van der Waals surface area contributed by atoms with Crippen molar-refractivity contribution >= 4 is 44.2 Å². The van der Waals surface area contributed by atoms with Crippen LogP contribution in [-0.2, 0) is 6.54 Å². The molecule has 0 aliphatic heterocycles. The lowest BCUT2D eigenvalue weighted by molar-refractivity contribution is 0.102. The molecule has 2 aromatic heterocycles. The number of carbonyl (C=O) groups excluding carboxylic acids is 1. The minimum atomic E-state index is -0.186. The summed E-state index contributed by atoms with van der Waals surface area (Å²) in [6.45, 7) is 0.613. The number of hydrogen-bond acceptors (Lipinski definition) is 4. The molecule has 29 heavy (non-hydrogen) atoms. The van der Waals surface area contributed by atoms with E-state index in [1.165, 1.54) is 0 Å². The second-order valence-corrected chi connectivity index (χ2v) is 7.33. The largest absolute Gasteiger partial charge is 0.497 e. The Morgan fingerprint density at radius 3 is 2.79 bits per heavy atom. The summed E-state index contributed by atoms with van der Waals surface area (Å²) in [5, 5.41) is 7.18. The second-order valence-electron chi connectivity index (χ2n) is 6.48. The van der Waals surface area contributed by atoms with E-state index in [2.05, 4.69) is 36.5 Å². The average molecular weight is 451 g/mol. The van der Waals surface area contributed by atoms with Gasteiger partial charge in [-0.15, -0.1) is 0 Å². The molecule has 3 N–H and O–H groups in total. The van der Waals surface area contributed by atoms with Crippen molar-refractivity contribution in [2.24, 2.45) is 0 Å². The fourth-order valence-corrected chi connectivity index (χ4v) is 3.47. The molecule has 4 rings (SSSR count). The third-order valence-electron chi connectivity index (χ3n) is 4.45. The number of aromatic nitrogens is 2. The molecule has 0 spiro atoms. The zero-order chi connectivity index (χ0) is 20.2. The van der Waals surface area contributed by atoms with Gasteiger partial charge in [0.1, 0.15) is 11.4 Å². The van der Waals surface area contributed by atoms with Crippen molar-refractivity contribution in [3.63, 3.8) is 0 Å². The summed E-state index contributed by atoms with van der Waals surface area (Å²) in [5.41, 5.74) is 3.95. The molecule has 6 nitrogen and oxygen atoms in total. The Morgan fingerprint density at radius 2 is 1.97 bits per heavy atom. The van der Waals surface area contributed by atoms with Gasteiger partial charge in [-0.1, -0.05) is 18.2 Å². The topological polar surface area (TPSA) is 79.0 Å². The lowest BCUT2D eigenvalue weighted by Crippen LogP contribution is -2.12. The van der Waals surface area contributed by atoms with Gasteiger partial charge >= 0.3 is 0 Å². The quantitative estimate of drug-likeness (QED) is 0.377. The SMILES string of the molecule is COc1cccc(NCc2cc3cc(NC(=O)c4ccccc4Br)cnc3[nH]2)c1. The normalized spacial score (nSPS) is 10.7. The second kappa shape index (κ2) is 8.36. The Kier molecular flexibility index (Phi) is 5.48. The predicted molar refractivity (Wildman–Crippen MR) is 119 cm³/mol. The first-order chi connectivity index (χ1) is 14.1. The minimum Gasteiger partial charge on any atom is -0.497 e. The maximum Gasteiger partial charge on any atom is 0.256 e. The maximum atomic E-state index is 12.5. The van der Waals surface area contributed by atoms with E-state index in [1.54, 1.807) is 19.4 Å². The van der Waals surface area contributed by atoms with Gasteiger partial charge in [-0.25, -0.2) is 4.98 Å². The minimum absolute atomic E-state index is 0.186. The van der Waals surface area contributed by atoms with Crippen LogP contribution in [0.1, 0.15) is 16.1 Å². The van der Waals surface area contributed by atoms with Crippen molar-refractivity contribution < 1.29 is 9.53 Å². The van der Waals surface area contributed by atoms with Crippen LogP contribution in [0.4, 0.5) is 11.4 Å². The zero-order valence-corrected chi connectivity index (χ0v) is 17.3. The molecule has 1 amide bonds. The van der Waals surface area contributed by atoms with E-state index in [9.17, 15) is 4.79 Å². The summed E-state index contributed by atoms with van der Waals surface area (Å²) >= 11 is 3.40. The van der Waals surface area contributed by atoms with Crippen LogP contribution in [0.15, 0.2) is 71.3 Å². The highest BCUT2D eigenvalue weighted by molar-refractivity contribution is 9.10. The molecule has 0 aliphatic carbocycles. The molecule has 0 fully saturated rings. The number of methoxy groups -OCH3 is 1. The van der Waals surface area contributed by atoms with Gasteiger partial charge in [-0.3, -0.25) is 4.79 Å². The Bertz CT molecular complexity index is 1170. The van der Waals surface area contributed by atoms with Gasteiger partial charge in [0.25, 0.3) is 5.91 Å². The monoisotopic (exact) mass is 450 g/mol. The summed E-state index contributed by atoms with van der Waals surface area (Å²) in [7, 11) is 1.65. The number of carbonyl (C=O) groups is 1. The van der Waals surface area contributed by atoms with E-state index in [4.69, 9.17) is 4.74 Å². The molecule has 0 bridgehead atoms. The lowest BCUT2D eigenvalue weighted by atomic mass is 10.2. The number of benzene rings is 2. The van der Waals surface area contributed by atoms with Crippen LogP contribution in [0.3, 0.4) is 0 Å². The molecular formula is C22H19BrN4O2. The van der Waals surface area contributed by atoms with Crippen molar-refractivity contribution in [2.45, 2.75) is 6.54 Å². The summed E-state index contributed by atoms with van der Waals surface area (Å²) in [5.74, 6) is 0.618. The van der Waals surface area contributed by atoms with Crippen LogP contribution in [0.25, 0.3) is 11.0 Å². The molecule has 2 aromatic carbocycles. The Morgan fingerprint density at radius 1 is 1.10 bits per heavy atom. The first-order valence-electron chi connectivity index (χ1n) is 9.04. The number of amides is 1. The van der Waals surface area contributed by atoms with Gasteiger partial charge in [0.15, 0.2) is 0 Å². The smallest absolute Gasteiger partial charge is 0.256 e. The number of ether oxygens (including phenoxy) is 1. The molecule has 4 aromatic rings. The van der Waals surface area contributed by atoms with Gasteiger partial charge in [0, 0.05) is 27.3 Å². The number of halogens is 1. The van der Waals surface area contributed by atoms with Gasteiger partial charge < -0.3 is 20.4 Å². The number of aromatic amines is 1. The summed E-state index contributed by atoms with van der Waals surface area (Å²) in [6, 6.07) is 19.0. The maximum absolute atomic E-state index is 12.5. The third-order valence-corrected chi connectivity index (χ3v) is 5.15. The van der Waals surface area contributed by atoms with Gasteiger partial charge in [0.05, 0.1) is 31.1 Å². The van der Waals surface area contributed by atoms with Crippen LogP contribution in [0.5, 0.6) is 5.75 Å². The molecule has 7 heteroatoms. The number of nitrogens with zero attached hydrogens (tertiary/aromatic N) is 1. The van der Waals surface area contributed by atoms with Crippen LogP contribution in [0.2, 0.25) is 0 Å². The Balaban J connectivity index is 1.47. The fraction of sp³-hybridized carbons (Fsp3) is 0.0909. The number of rotatable bonds is 6. The van der Waals surface area contributed by atoms with Crippen LogP contribution < -0.4 is 15.4 Å². The first-order valence-corrected chi connectivity index (χ1v) is 9.83. The standard InChI is InChI=1S/C22H19BrN4O2/c1-29-18-6-4-5-15(11-18)24-12-16-9-14-10-17(13-25-21(14)26-16)27-22(28)19-7-2-3-8-20(19)23/h2-11,13,24H,12H2,1H3,(H,25,26)(H,27,28). The summed E-state index contributed by atoms with van der Waals surface area (Å²) < 4.78 is 5.99. The van der Waals surface area contributed by atoms with Gasteiger partial charge in [0.2, 0.25) is 0 Å². The van der Waals surface area contributed by atoms with E-state index in [0.29, 0.717) is 17.8 Å². The number of fused-ring (bicyclic) bond motifs is 1. The molecule has 0 unspecified atom stereocenters. The first kappa shape index (κ1) is 19.0. The molecule has 0 saturated carbocycles. The average Bonchev–Trinajstić information content (AvgIpc) is 3.15. The molecule has 0 saturated heterocycles. The molecule has 0 aliphatic rings. The summed E-state index contributed by atoms with van der Waals surface area (Å²) in [6.07, 6.45) is 1.65. The number of nitrogens with one attached hydrogen (secondary N) is 3. The van der Waals surface area contributed by atoms with E-state index < -0.39 is 0 Å². The number of H-pyrrole nitrogens is 1. The van der Waals surface area contributed by atoms with Crippen LogP contribution >= 0.6 is 15.9 Å². The van der Waals surface area contributed by atoms with Crippen molar-refractivity contribution in [2.75, 3.05) is 17.7 Å². The molecule has 0 radical (unpaired) electrons.